The fourth-order valence-electron chi connectivity index (χ4n) is 9.98. The largest absolute Gasteiger partial charge is 0.507 e. The SMILES string of the molecule is CC1CN(c2ccc3c(c2)C(=O)N(C2CCC(=O)NC2=O)C3=O)CCC1CN1C=C2[C@@H](C1)[C@@H]2CN1CCN2c3cc(-c4ccccc4O)nnc3NC[C@H]2C1. The van der Waals surface area contributed by atoms with E-state index in [1.807, 2.05) is 24.3 Å². The fourth-order valence-corrected chi connectivity index (χ4v) is 9.98. The second-order valence-electron chi connectivity index (χ2n) is 16.4. The van der Waals surface area contributed by atoms with Crippen LogP contribution in [0.4, 0.5) is 17.2 Å². The Morgan fingerprint density at radius 2 is 1.73 bits per heavy atom. The summed E-state index contributed by atoms with van der Waals surface area (Å²) in [6, 6.07) is 14.1. The number of phenols is 1. The van der Waals surface area contributed by atoms with E-state index in [0.29, 0.717) is 52.1 Å². The Kier molecular flexibility index (Phi) is 8.09. The topological polar surface area (TPSA) is 155 Å². The van der Waals surface area contributed by atoms with Gasteiger partial charge in [0.05, 0.1) is 28.6 Å². The van der Waals surface area contributed by atoms with E-state index in [-0.39, 0.29) is 24.5 Å². The van der Waals surface area contributed by atoms with E-state index in [1.54, 1.807) is 23.8 Å². The van der Waals surface area contributed by atoms with Gasteiger partial charge in [-0.15, -0.1) is 10.2 Å². The van der Waals surface area contributed by atoms with Crippen LogP contribution in [0.25, 0.3) is 11.3 Å². The third-order valence-electron chi connectivity index (χ3n) is 13.1. The molecule has 3 saturated heterocycles. The van der Waals surface area contributed by atoms with Gasteiger partial charge in [0.25, 0.3) is 11.8 Å². The average Bonchev–Trinajstić information content (AvgIpc) is 3.49. The van der Waals surface area contributed by atoms with Gasteiger partial charge in [-0.2, -0.15) is 0 Å². The highest BCUT2D eigenvalue weighted by atomic mass is 16.3. The number of hydrogen-bond donors (Lipinski definition) is 3. The quantitative estimate of drug-likeness (QED) is 0.305. The second kappa shape index (κ2) is 13.1. The molecule has 0 radical (unpaired) electrons. The molecule has 3 N–H and O–H groups in total. The van der Waals surface area contributed by atoms with Gasteiger partial charge in [-0.05, 0) is 72.8 Å². The summed E-state index contributed by atoms with van der Waals surface area (Å²) >= 11 is 0. The minimum atomic E-state index is -0.960. The molecule has 3 unspecified atom stereocenters. The standard InChI is InChI=1S/C41H45N9O5/c1-23-17-48(25-6-7-27-29(14-25)41(55)50(40(27)54)34-8-9-37(52)43-39(34)53)11-10-24(23)18-47-21-31-30(32(31)22-47)20-46-12-13-49-26(19-46)16-42-38-35(49)15-33(44-45-38)28-4-2-3-5-36(28)51/h2-7,14-15,21,23-24,26,30,32,34,51H,8-13,16-20,22H2,1H3,(H,42,45)(H,43,52,53)/t23?,24?,26-,30+,32-,34?/m0/s1. The lowest BCUT2D eigenvalue weighted by molar-refractivity contribution is -0.136. The van der Waals surface area contributed by atoms with Gasteiger partial charge >= 0.3 is 0 Å². The molecule has 14 heteroatoms. The summed E-state index contributed by atoms with van der Waals surface area (Å²) in [7, 11) is 0. The van der Waals surface area contributed by atoms with Crippen molar-refractivity contribution in [1.82, 2.24) is 30.2 Å². The summed E-state index contributed by atoms with van der Waals surface area (Å²) in [4.78, 5) is 61.7. The van der Waals surface area contributed by atoms with Crippen molar-refractivity contribution >= 4 is 40.8 Å². The predicted molar refractivity (Wildman–Crippen MR) is 204 cm³/mol. The molecule has 3 aromatic rings. The number of nitrogens with one attached hydrogen (secondary N) is 2. The van der Waals surface area contributed by atoms with Crippen LogP contribution in [-0.4, -0.2) is 125 Å². The number of fused-ring (bicyclic) bond motifs is 5. The van der Waals surface area contributed by atoms with Crippen LogP contribution >= 0.6 is 0 Å². The Morgan fingerprint density at radius 3 is 2.53 bits per heavy atom. The third kappa shape index (κ3) is 5.88. The number of piperidine rings is 2. The van der Waals surface area contributed by atoms with Gasteiger partial charge in [-0.3, -0.25) is 34.3 Å². The van der Waals surface area contributed by atoms with Gasteiger partial charge in [0, 0.05) is 88.4 Å². The highest BCUT2D eigenvalue weighted by molar-refractivity contribution is 6.23. The zero-order chi connectivity index (χ0) is 37.5. The number of hydrogen-bond acceptors (Lipinski definition) is 12. The maximum atomic E-state index is 13.4. The molecule has 1 aromatic heterocycles. The second-order valence-corrected chi connectivity index (χ2v) is 16.4. The molecular weight excluding hydrogens is 699 g/mol. The van der Waals surface area contributed by atoms with Gasteiger partial charge in [0.1, 0.15) is 11.8 Å². The van der Waals surface area contributed by atoms with Gasteiger partial charge in [0.2, 0.25) is 11.8 Å². The number of nitrogens with zero attached hydrogens (tertiary/aromatic N) is 7. The summed E-state index contributed by atoms with van der Waals surface area (Å²) in [5.41, 5.74) is 5.60. The van der Waals surface area contributed by atoms with Crippen molar-refractivity contribution < 1.29 is 24.3 Å². The van der Waals surface area contributed by atoms with Crippen LogP contribution in [-0.2, 0) is 9.59 Å². The molecule has 4 amide bonds. The van der Waals surface area contributed by atoms with E-state index >= 15 is 0 Å². The van der Waals surface area contributed by atoms with Crippen LogP contribution in [0, 0.1) is 23.7 Å². The van der Waals surface area contributed by atoms with Crippen LogP contribution in [0.3, 0.4) is 0 Å². The molecule has 4 fully saturated rings. The van der Waals surface area contributed by atoms with Crippen LogP contribution in [0.15, 0.2) is 60.3 Å². The van der Waals surface area contributed by atoms with Gasteiger partial charge in [-0.25, -0.2) is 0 Å². The Hall–Kier alpha value is -5.50. The molecule has 7 aliphatic rings. The van der Waals surface area contributed by atoms with E-state index in [2.05, 4.69) is 59.6 Å². The lowest BCUT2D eigenvalue weighted by atomic mass is 9.86. The average molecular weight is 744 g/mol. The number of carbonyl (C=O) groups excluding carboxylic acids is 4. The number of piperazine rings is 1. The lowest BCUT2D eigenvalue weighted by Crippen LogP contribution is -2.58. The highest BCUT2D eigenvalue weighted by Gasteiger charge is 2.50. The van der Waals surface area contributed by atoms with Gasteiger partial charge < -0.3 is 25.1 Å². The molecule has 6 atom stereocenters. The first-order chi connectivity index (χ1) is 26.7. The maximum absolute atomic E-state index is 13.4. The molecular formula is C41H45N9O5. The molecule has 6 aliphatic heterocycles. The number of amides is 4. The molecule has 0 spiro atoms. The smallest absolute Gasteiger partial charge is 0.262 e. The summed E-state index contributed by atoms with van der Waals surface area (Å²) in [6.45, 7) is 11.1. The van der Waals surface area contributed by atoms with E-state index in [4.69, 9.17) is 0 Å². The first-order valence-corrected chi connectivity index (χ1v) is 19.7. The molecule has 1 saturated carbocycles. The Balaban J connectivity index is 0.719. The van der Waals surface area contributed by atoms with E-state index in [1.165, 1.54) is 0 Å². The normalized spacial score (nSPS) is 28.6. The fraction of sp³-hybridized carbons (Fsp3) is 0.463. The van der Waals surface area contributed by atoms with Gasteiger partial charge in [-0.1, -0.05) is 19.1 Å². The first kappa shape index (κ1) is 34.0. The first-order valence-electron chi connectivity index (χ1n) is 19.7. The van der Waals surface area contributed by atoms with E-state index in [0.717, 1.165) is 87.4 Å². The molecule has 0 bridgehead atoms. The third-order valence-corrected chi connectivity index (χ3v) is 13.1. The number of imide groups is 2. The number of carbonyl (C=O) groups is 4. The van der Waals surface area contributed by atoms with Crippen LogP contribution < -0.4 is 20.4 Å². The zero-order valence-corrected chi connectivity index (χ0v) is 30.9. The van der Waals surface area contributed by atoms with E-state index < -0.39 is 23.8 Å². The Labute approximate surface area is 319 Å². The molecule has 10 rings (SSSR count). The van der Waals surface area contributed by atoms with Crippen molar-refractivity contribution in [3.63, 3.8) is 0 Å². The molecule has 14 nitrogen and oxygen atoms in total. The molecule has 1 aliphatic carbocycles. The van der Waals surface area contributed by atoms with Crippen molar-refractivity contribution in [1.29, 1.82) is 0 Å². The number of anilines is 3. The van der Waals surface area contributed by atoms with Crippen LogP contribution in [0.5, 0.6) is 5.75 Å². The summed E-state index contributed by atoms with van der Waals surface area (Å²) in [5.74, 6) is 1.42. The zero-order valence-electron chi connectivity index (χ0n) is 30.9. The summed E-state index contributed by atoms with van der Waals surface area (Å²) in [6.07, 6.45) is 3.74. The van der Waals surface area contributed by atoms with Crippen molar-refractivity contribution in [3.8, 4) is 17.0 Å². The van der Waals surface area contributed by atoms with Crippen molar-refractivity contribution in [2.45, 2.75) is 38.3 Å². The Morgan fingerprint density at radius 1 is 0.873 bits per heavy atom. The summed E-state index contributed by atoms with van der Waals surface area (Å²) in [5, 5.41) is 25.0. The molecule has 284 valence electrons. The van der Waals surface area contributed by atoms with Crippen LogP contribution in [0.2, 0.25) is 0 Å². The number of benzene rings is 2. The summed E-state index contributed by atoms with van der Waals surface area (Å²) < 4.78 is 0. The van der Waals surface area contributed by atoms with Crippen molar-refractivity contribution in [2.75, 3.05) is 74.0 Å². The number of phenolic OH excluding ortho intramolecular Hbond substituents is 1. The van der Waals surface area contributed by atoms with Crippen LogP contribution in [0.1, 0.15) is 46.9 Å². The molecule has 2 aromatic carbocycles. The monoisotopic (exact) mass is 743 g/mol. The van der Waals surface area contributed by atoms with E-state index in [9.17, 15) is 24.3 Å². The van der Waals surface area contributed by atoms with Gasteiger partial charge in [0.15, 0.2) is 5.82 Å². The number of aromatic nitrogens is 2. The number of aromatic hydroxyl groups is 1. The minimum Gasteiger partial charge on any atom is -0.507 e. The molecule has 7 heterocycles. The predicted octanol–water partition coefficient (Wildman–Crippen LogP) is 2.77. The van der Waals surface area contributed by atoms with Crippen molar-refractivity contribution in [2.24, 2.45) is 23.7 Å². The lowest BCUT2D eigenvalue weighted by Gasteiger charge is -2.46. The highest BCUT2D eigenvalue weighted by Crippen LogP contribution is 2.51. The minimum absolute atomic E-state index is 0.104. The van der Waals surface area contributed by atoms with Crippen molar-refractivity contribution in [3.05, 3.63) is 71.4 Å². The Bertz CT molecular complexity index is 2160. The maximum Gasteiger partial charge on any atom is 0.262 e. The molecule has 55 heavy (non-hydrogen) atoms. The number of para-hydroxylation sites is 1. The number of rotatable bonds is 7.